The molecule has 6 heteroatoms. The predicted octanol–water partition coefficient (Wildman–Crippen LogP) is 5.54. The molecule has 1 atom stereocenters. The van der Waals surface area contributed by atoms with Crippen molar-refractivity contribution in [3.05, 3.63) is 77.5 Å². The summed E-state index contributed by atoms with van der Waals surface area (Å²) in [5.41, 5.74) is 5.46. The van der Waals surface area contributed by atoms with Gasteiger partial charge in [-0.05, 0) is 48.4 Å². The van der Waals surface area contributed by atoms with Gasteiger partial charge in [0.05, 0.1) is 11.7 Å². The van der Waals surface area contributed by atoms with Crippen LogP contribution in [0.2, 0.25) is 0 Å². The van der Waals surface area contributed by atoms with Gasteiger partial charge in [0.1, 0.15) is 5.82 Å². The van der Waals surface area contributed by atoms with Crippen molar-refractivity contribution in [3.8, 4) is 11.1 Å². The first-order valence-corrected chi connectivity index (χ1v) is 11.5. The molecule has 2 aromatic carbocycles. The van der Waals surface area contributed by atoms with E-state index < -0.39 is 0 Å². The van der Waals surface area contributed by atoms with Crippen LogP contribution < -0.4 is 0 Å². The lowest BCUT2D eigenvalue weighted by Gasteiger charge is -2.21. The van der Waals surface area contributed by atoms with E-state index in [4.69, 9.17) is 4.74 Å². The highest BCUT2D eigenvalue weighted by molar-refractivity contribution is 6.09. The van der Waals surface area contributed by atoms with Crippen molar-refractivity contribution in [2.45, 2.75) is 32.7 Å². The number of halogens is 1. The van der Waals surface area contributed by atoms with E-state index in [2.05, 4.69) is 29.4 Å². The number of benzene rings is 2. The lowest BCUT2D eigenvalue weighted by atomic mass is 9.93. The number of hydrogen-bond donors (Lipinski definition) is 0. The standard InChI is InChI=1S/C27H28FN3O2/c1-18-5-10-24(28)26-23(25(32)12-20-4-3-11-33-17-20)16-31(27(18)26)14-19-6-8-21(9-7-19)22-13-29-30(2)15-22/h5-10,13,15-16,20H,3-4,11-12,14,17H2,1-2H3. The van der Waals surface area contributed by atoms with Gasteiger partial charge in [-0.1, -0.05) is 30.3 Å². The van der Waals surface area contributed by atoms with Crippen LogP contribution in [0.3, 0.4) is 0 Å². The summed E-state index contributed by atoms with van der Waals surface area (Å²) in [5, 5.41) is 4.67. The van der Waals surface area contributed by atoms with Gasteiger partial charge >= 0.3 is 0 Å². The predicted molar refractivity (Wildman–Crippen MR) is 127 cm³/mol. The number of hydrogen-bond acceptors (Lipinski definition) is 3. The van der Waals surface area contributed by atoms with E-state index in [1.54, 1.807) is 10.7 Å². The van der Waals surface area contributed by atoms with E-state index in [0.717, 1.165) is 47.2 Å². The molecule has 5 rings (SSSR count). The molecule has 1 aliphatic heterocycles. The van der Waals surface area contributed by atoms with Crippen LogP contribution in [0.5, 0.6) is 0 Å². The third-order valence-corrected chi connectivity index (χ3v) is 6.54. The average Bonchev–Trinajstić information content (AvgIpc) is 3.42. The van der Waals surface area contributed by atoms with Crippen molar-refractivity contribution >= 4 is 16.7 Å². The zero-order valence-electron chi connectivity index (χ0n) is 19.1. The van der Waals surface area contributed by atoms with Crippen LogP contribution in [0.25, 0.3) is 22.0 Å². The molecule has 0 amide bonds. The Morgan fingerprint density at radius 3 is 2.67 bits per heavy atom. The van der Waals surface area contributed by atoms with Gasteiger partial charge in [0.25, 0.3) is 0 Å². The minimum atomic E-state index is -0.343. The van der Waals surface area contributed by atoms with Crippen molar-refractivity contribution in [1.29, 1.82) is 0 Å². The number of aryl methyl sites for hydroxylation is 2. The maximum atomic E-state index is 15.0. The molecule has 4 aromatic rings. The van der Waals surface area contributed by atoms with Crippen molar-refractivity contribution in [2.75, 3.05) is 13.2 Å². The highest BCUT2D eigenvalue weighted by Crippen LogP contribution is 2.31. The van der Waals surface area contributed by atoms with Crippen molar-refractivity contribution in [2.24, 2.45) is 13.0 Å². The van der Waals surface area contributed by atoms with Crippen molar-refractivity contribution in [1.82, 2.24) is 14.3 Å². The molecule has 33 heavy (non-hydrogen) atoms. The molecule has 0 radical (unpaired) electrons. The maximum absolute atomic E-state index is 15.0. The number of carbonyl (C=O) groups is 1. The van der Waals surface area contributed by atoms with Crippen LogP contribution in [0.4, 0.5) is 4.39 Å². The highest BCUT2D eigenvalue weighted by atomic mass is 19.1. The summed E-state index contributed by atoms with van der Waals surface area (Å²) in [5.74, 6) is -0.146. The fourth-order valence-electron chi connectivity index (χ4n) is 4.83. The smallest absolute Gasteiger partial charge is 0.165 e. The van der Waals surface area contributed by atoms with E-state index in [9.17, 15) is 9.18 Å². The molecular weight excluding hydrogens is 417 g/mol. The van der Waals surface area contributed by atoms with E-state index in [1.807, 2.05) is 37.1 Å². The molecular formula is C27H28FN3O2. The van der Waals surface area contributed by atoms with Gasteiger partial charge in [-0.15, -0.1) is 0 Å². The summed E-state index contributed by atoms with van der Waals surface area (Å²) in [4.78, 5) is 13.2. The third kappa shape index (κ3) is 4.35. The SMILES string of the molecule is Cc1ccc(F)c2c(C(=O)CC3CCCOC3)cn(Cc3ccc(-c4cnn(C)c4)cc3)c12. The van der Waals surface area contributed by atoms with Gasteiger partial charge in [0.15, 0.2) is 5.78 Å². The second kappa shape index (κ2) is 8.94. The summed E-state index contributed by atoms with van der Waals surface area (Å²) in [6.07, 6.45) is 8.01. The summed E-state index contributed by atoms with van der Waals surface area (Å²) in [7, 11) is 1.90. The Morgan fingerprint density at radius 1 is 1.15 bits per heavy atom. The Bertz CT molecular complexity index is 1300. The highest BCUT2D eigenvalue weighted by Gasteiger charge is 2.24. The summed E-state index contributed by atoms with van der Waals surface area (Å²) >= 11 is 0. The fraction of sp³-hybridized carbons (Fsp3) is 0.333. The number of nitrogens with zero attached hydrogens (tertiary/aromatic N) is 3. The minimum absolute atomic E-state index is 0.00863. The molecule has 0 spiro atoms. The van der Waals surface area contributed by atoms with Crippen molar-refractivity contribution < 1.29 is 13.9 Å². The molecule has 0 aliphatic carbocycles. The van der Waals surface area contributed by atoms with Gasteiger partial charge < -0.3 is 9.30 Å². The third-order valence-electron chi connectivity index (χ3n) is 6.54. The van der Waals surface area contributed by atoms with Crippen LogP contribution in [0.1, 0.15) is 40.7 Å². The first-order chi connectivity index (χ1) is 16.0. The first kappa shape index (κ1) is 21.6. The molecule has 5 nitrogen and oxygen atoms in total. The summed E-state index contributed by atoms with van der Waals surface area (Å²) in [6.45, 7) is 3.90. The summed E-state index contributed by atoms with van der Waals surface area (Å²) in [6, 6.07) is 11.5. The molecule has 0 saturated carbocycles. The molecule has 1 aliphatic rings. The van der Waals surface area contributed by atoms with E-state index in [0.29, 0.717) is 30.5 Å². The number of rotatable bonds is 6. The Morgan fingerprint density at radius 2 is 1.97 bits per heavy atom. The van der Waals surface area contributed by atoms with Crippen LogP contribution in [0, 0.1) is 18.7 Å². The maximum Gasteiger partial charge on any atom is 0.165 e. The Balaban J connectivity index is 1.46. The zero-order valence-corrected chi connectivity index (χ0v) is 19.1. The van der Waals surface area contributed by atoms with E-state index in [1.165, 1.54) is 6.07 Å². The topological polar surface area (TPSA) is 49.1 Å². The zero-order chi connectivity index (χ0) is 22.9. The second-order valence-corrected chi connectivity index (χ2v) is 9.07. The van der Waals surface area contributed by atoms with Gasteiger partial charge in [-0.2, -0.15) is 5.10 Å². The van der Waals surface area contributed by atoms with Gasteiger partial charge in [-0.25, -0.2) is 4.39 Å². The fourth-order valence-corrected chi connectivity index (χ4v) is 4.83. The largest absolute Gasteiger partial charge is 0.381 e. The minimum Gasteiger partial charge on any atom is -0.381 e. The average molecular weight is 446 g/mol. The Hall–Kier alpha value is -3.25. The number of fused-ring (bicyclic) bond motifs is 1. The van der Waals surface area contributed by atoms with Crippen LogP contribution in [-0.4, -0.2) is 33.3 Å². The quantitative estimate of drug-likeness (QED) is 0.366. The van der Waals surface area contributed by atoms with E-state index >= 15 is 0 Å². The lowest BCUT2D eigenvalue weighted by molar-refractivity contribution is 0.0488. The van der Waals surface area contributed by atoms with Crippen molar-refractivity contribution in [3.63, 3.8) is 0 Å². The molecule has 2 aromatic heterocycles. The number of ketones is 1. The molecule has 170 valence electrons. The van der Waals surface area contributed by atoms with Gasteiger partial charge in [0, 0.05) is 62.1 Å². The molecule has 3 heterocycles. The second-order valence-electron chi connectivity index (χ2n) is 9.07. The van der Waals surface area contributed by atoms with Gasteiger partial charge in [0.2, 0.25) is 0 Å². The number of aromatic nitrogens is 3. The molecule has 1 unspecified atom stereocenters. The normalized spacial score (nSPS) is 16.4. The summed E-state index contributed by atoms with van der Waals surface area (Å²) < 4.78 is 24.3. The first-order valence-electron chi connectivity index (χ1n) is 11.5. The molecule has 1 saturated heterocycles. The number of carbonyl (C=O) groups excluding carboxylic acids is 1. The lowest BCUT2D eigenvalue weighted by Crippen LogP contribution is -2.20. The van der Waals surface area contributed by atoms with Gasteiger partial charge in [-0.3, -0.25) is 9.48 Å². The Labute approximate surface area is 192 Å². The molecule has 0 N–H and O–H groups in total. The van der Waals surface area contributed by atoms with Crippen LogP contribution >= 0.6 is 0 Å². The monoisotopic (exact) mass is 445 g/mol. The number of ether oxygens (including phenoxy) is 1. The van der Waals surface area contributed by atoms with Crippen LogP contribution in [0.15, 0.2) is 55.0 Å². The molecule has 1 fully saturated rings. The number of Topliss-reactive ketones (excluding diaryl/α,β-unsaturated/α-hetero) is 1. The van der Waals surface area contributed by atoms with E-state index in [-0.39, 0.29) is 17.5 Å². The Kier molecular flexibility index (Phi) is 5.85. The molecule has 0 bridgehead atoms. The van der Waals surface area contributed by atoms with Crippen LogP contribution in [-0.2, 0) is 18.3 Å².